The second-order valence-electron chi connectivity index (χ2n) is 2.84. The molecule has 0 unspecified atom stereocenters. The Balaban J connectivity index is 1.85. The van der Waals surface area contributed by atoms with Crippen LogP contribution < -0.4 is 5.32 Å². The molecule has 1 saturated carbocycles. The number of thiazole rings is 1. The van der Waals surface area contributed by atoms with Crippen LogP contribution in [0.4, 0.5) is 5.13 Å². The van der Waals surface area contributed by atoms with Crippen molar-refractivity contribution < 1.29 is 5.11 Å². The summed E-state index contributed by atoms with van der Waals surface area (Å²) in [6.45, 7) is 1.01. The van der Waals surface area contributed by atoms with Crippen LogP contribution in [0.15, 0.2) is 5.38 Å². The van der Waals surface area contributed by atoms with E-state index in [0.29, 0.717) is 0 Å². The average Bonchev–Trinajstić information content (AvgIpc) is 2.72. The molecule has 0 aliphatic heterocycles. The molecular formula is C7H10N2OS. The maximum atomic E-state index is 8.89. The van der Waals surface area contributed by atoms with Crippen LogP contribution in [-0.2, 0) is 0 Å². The molecule has 11 heavy (non-hydrogen) atoms. The number of anilines is 1. The van der Waals surface area contributed by atoms with E-state index in [1.54, 1.807) is 5.38 Å². The monoisotopic (exact) mass is 170 g/mol. The minimum Gasteiger partial charge on any atom is -0.493 e. The molecular weight excluding hydrogens is 160 g/mol. The zero-order valence-electron chi connectivity index (χ0n) is 6.08. The third-order valence-electron chi connectivity index (χ3n) is 1.73. The zero-order chi connectivity index (χ0) is 7.68. The van der Waals surface area contributed by atoms with E-state index in [0.717, 1.165) is 17.6 Å². The van der Waals surface area contributed by atoms with E-state index in [9.17, 15) is 0 Å². The second-order valence-corrected chi connectivity index (χ2v) is 3.69. The number of rotatable bonds is 3. The van der Waals surface area contributed by atoms with E-state index in [-0.39, 0.29) is 5.88 Å². The van der Waals surface area contributed by atoms with Crippen LogP contribution in [0.1, 0.15) is 12.8 Å². The molecule has 0 amide bonds. The molecule has 2 rings (SSSR count). The zero-order valence-corrected chi connectivity index (χ0v) is 6.90. The molecule has 1 aromatic rings. The fraction of sp³-hybridized carbons (Fsp3) is 0.571. The van der Waals surface area contributed by atoms with Crippen molar-refractivity contribution in [2.24, 2.45) is 5.92 Å². The lowest BCUT2D eigenvalue weighted by molar-refractivity contribution is 0.458. The van der Waals surface area contributed by atoms with Crippen LogP contribution in [0.3, 0.4) is 0 Å². The maximum absolute atomic E-state index is 8.89. The van der Waals surface area contributed by atoms with E-state index in [4.69, 9.17) is 5.11 Å². The van der Waals surface area contributed by atoms with Crippen molar-refractivity contribution in [3.8, 4) is 5.88 Å². The molecule has 0 aromatic carbocycles. The largest absolute Gasteiger partial charge is 0.493 e. The standard InChI is InChI=1S/C7H10N2OS/c10-6-4-11-7(9-6)8-3-5-1-2-5/h4-5,10H,1-3H2,(H,8,9). The lowest BCUT2D eigenvalue weighted by atomic mass is 10.4. The van der Waals surface area contributed by atoms with Crippen molar-refractivity contribution in [2.45, 2.75) is 12.8 Å². The topological polar surface area (TPSA) is 45.1 Å². The van der Waals surface area contributed by atoms with E-state index < -0.39 is 0 Å². The van der Waals surface area contributed by atoms with Gasteiger partial charge in [-0.05, 0) is 18.8 Å². The summed E-state index contributed by atoms with van der Waals surface area (Å²) in [7, 11) is 0. The van der Waals surface area contributed by atoms with E-state index in [1.165, 1.54) is 24.2 Å². The van der Waals surface area contributed by atoms with Gasteiger partial charge in [0, 0.05) is 6.54 Å². The number of aromatic nitrogens is 1. The molecule has 1 aliphatic rings. The maximum Gasteiger partial charge on any atom is 0.223 e. The number of hydrogen-bond donors (Lipinski definition) is 2. The van der Waals surface area contributed by atoms with Crippen molar-refractivity contribution in [1.82, 2.24) is 4.98 Å². The molecule has 1 heterocycles. The van der Waals surface area contributed by atoms with Gasteiger partial charge >= 0.3 is 0 Å². The van der Waals surface area contributed by atoms with Gasteiger partial charge in [-0.1, -0.05) is 0 Å². The summed E-state index contributed by atoms with van der Waals surface area (Å²) < 4.78 is 0. The van der Waals surface area contributed by atoms with Gasteiger partial charge in [0.1, 0.15) is 0 Å². The number of nitrogens with zero attached hydrogens (tertiary/aromatic N) is 1. The van der Waals surface area contributed by atoms with Crippen LogP contribution in [0.2, 0.25) is 0 Å². The van der Waals surface area contributed by atoms with Gasteiger partial charge in [-0.2, -0.15) is 4.98 Å². The average molecular weight is 170 g/mol. The molecule has 2 N–H and O–H groups in total. The van der Waals surface area contributed by atoms with Gasteiger partial charge in [0.05, 0.1) is 5.38 Å². The Morgan fingerprint density at radius 3 is 3.09 bits per heavy atom. The number of nitrogens with one attached hydrogen (secondary N) is 1. The predicted molar refractivity (Wildman–Crippen MR) is 45.0 cm³/mol. The lowest BCUT2D eigenvalue weighted by Crippen LogP contribution is -2.01. The van der Waals surface area contributed by atoms with Gasteiger partial charge in [0.2, 0.25) is 5.88 Å². The van der Waals surface area contributed by atoms with Crippen molar-refractivity contribution in [2.75, 3.05) is 11.9 Å². The van der Waals surface area contributed by atoms with Crippen molar-refractivity contribution in [3.05, 3.63) is 5.38 Å². The molecule has 60 valence electrons. The minimum atomic E-state index is 0.119. The Bertz CT molecular complexity index is 244. The summed E-state index contributed by atoms with van der Waals surface area (Å²) in [6, 6.07) is 0. The number of aromatic hydroxyl groups is 1. The molecule has 0 atom stereocenters. The summed E-state index contributed by atoms with van der Waals surface area (Å²) in [6.07, 6.45) is 2.68. The van der Waals surface area contributed by atoms with Crippen LogP contribution in [0.25, 0.3) is 0 Å². The van der Waals surface area contributed by atoms with E-state index in [1.807, 2.05) is 0 Å². The van der Waals surface area contributed by atoms with E-state index in [2.05, 4.69) is 10.3 Å². The van der Waals surface area contributed by atoms with Gasteiger partial charge in [-0.3, -0.25) is 0 Å². The molecule has 0 saturated heterocycles. The van der Waals surface area contributed by atoms with Gasteiger partial charge in [0.15, 0.2) is 5.13 Å². The highest BCUT2D eigenvalue weighted by Crippen LogP contribution is 2.29. The van der Waals surface area contributed by atoms with Gasteiger partial charge in [-0.15, -0.1) is 11.3 Å². The Morgan fingerprint density at radius 2 is 2.55 bits per heavy atom. The first-order valence-electron chi connectivity index (χ1n) is 3.73. The minimum absolute atomic E-state index is 0.119. The molecule has 3 nitrogen and oxygen atoms in total. The summed E-state index contributed by atoms with van der Waals surface area (Å²) in [5.41, 5.74) is 0. The molecule has 1 aromatic heterocycles. The predicted octanol–water partition coefficient (Wildman–Crippen LogP) is 1.67. The summed E-state index contributed by atoms with van der Waals surface area (Å²) in [5.74, 6) is 0.967. The highest BCUT2D eigenvalue weighted by molar-refractivity contribution is 7.13. The van der Waals surface area contributed by atoms with E-state index >= 15 is 0 Å². The van der Waals surface area contributed by atoms with Crippen LogP contribution in [0, 0.1) is 5.92 Å². The van der Waals surface area contributed by atoms with Gasteiger partial charge < -0.3 is 10.4 Å². The Kier molecular flexibility index (Phi) is 1.69. The first kappa shape index (κ1) is 6.91. The molecule has 0 radical (unpaired) electrons. The lowest BCUT2D eigenvalue weighted by Gasteiger charge is -1.97. The first-order valence-corrected chi connectivity index (χ1v) is 4.61. The van der Waals surface area contributed by atoms with Gasteiger partial charge in [-0.25, -0.2) is 0 Å². The van der Waals surface area contributed by atoms with Crippen molar-refractivity contribution >= 4 is 16.5 Å². The van der Waals surface area contributed by atoms with Crippen molar-refractivity contribution in [3.63, 3.8) is 0 Å². The third kappa shape index (κ3) is 1.83. The van der Waals surface area contributed by atoms with Gasteiger partial charge in [0.25, 0.3) is 0 Å². The molecule has 4 heteroatoms. The first-order chi connectivity index (χ1) is 5.34. The molecule has 0 spiro atoms. The highest BCUT2D eigenvalue weighted by atomic mass is 32.1. The number of hydrogen-bond acceptors (Lipinski definition) is 4. The molecule has 1 fully saturated rings. The van der Waals surface area contributed by atoms with Crippen molar-refractivity contribution in [1.29, 1.82) is 0 Å². The Morgan fingerprint density at radius 1 is 1.73 bits per heavy atom. The second kappa shape index (κ2) is 2.70. The molecule has 1 aliphatic carbocycles. The Labute approximate surface area is 69.1 Å². The smallest absolute Gasteiger partial charge is 0.223 e. The summed E-state index contributed by atoms with van der Waals surface area (Å²) >= 11 is 1.45. The fourth-order valence-corrected chi connectivity index (χ4v) is 1.48. The highest BCUT2D eigenvalue weighted by Gasteiger charge is 2.20. The van der Waals surface area contributed by atoms with Crippen LogP contribution in [0.5, 0.6) is 5.88 Å². The fourth-order valence-electron chi connectivity index (χ4n) is 0.900. The SMILES string of the molecule is Oc1csc(NCC2CC2)n1. The quantitative estimate of drug-likeness (QED) is 0.725. The normalized spacial score (nSPS) is 16.7. The molecule has 0 bridgehead atoms. The third-order valence-corrected chi connectivity index (χ3v) is 2.52. The van der Waals surface area contributed by atoms with Crippen LogP contribution in [-0.4, -0.2) is 16.6 Å². The van der Waals surface area contributed by atoms with Crippen LogP contribution >= 0.6 is 11.3 Å². The summed E-state index contributed by atoms with van der Waals surface area (Å²) in [5, 5.41) is 14.5. The summed E-state index contributed by atoms with van der Waals surface area (Å²) in [4.78, 5) is 3.87. The Hall–Kier alpha value is -0.770.